The Kier molecular flexibility index (Phi) is 6.15. The number of nitrogens with one attached hydrogen (secondary N) is 1. The third kappa shape index (κ3) is 4.19. The highest BCUT2D eigenvalue weighted by atomic mass is 15.2. The predicted octanol–water partition coefficient (Wildman–Crippen LogP) is 3.81. The molecule has 2 heterocycles. The second-order valence-corrected chi connectivity index (χ2v) is 6.94. The molecule has 0 amide bonds. The van der Waals surface area contributed by atoms with Crippen LogP contribution in [-0.4, -0.2) is 37.1 Å². The van der Waals surface area contributed by atoms with Crippen molar-refractivity contribution >= 4 is 0 Å². The van der Waals surface area contributed by atoms with Crippen molar-refractivity contribution in [1.29, 1.82) is 0 Å². The second kappa shape index (κ2) is 7.64. The van der Waals surface area contributed by atoms with Crippen LogP contribution in [0.4, 0.5) is 0 Å². The molecule has 2 atom stereocenters. The Morgan fingerprint density at radius 3 is 2.74 bits per heavy atom. The first-order valence-electron chi connectivity index (χ1n) is 8.74. The van der Waals surface area contributed by atoms with Gasteiger partial charge in [-0.25, -0.2) is 0 Å². The molecular weight excluding hydrogens is 232 g/mol. The maximum atomic E-state index is 3.67. The summed E-state index contributed by atoms with van der Waals surface area (Å²) < 4.78 is 0. The lowest BCUT2D eigenvalue weighted by molar-refractivity contribution is 0.0535. The van der Waals surface area contributed by atoms with Gasteiger partial charge in [0.25, 0.3) is 0 Å². The third-order valence-electron chi connectivity index (χ3n) is 5.25. The highest BCUT2D eigenvalue weighted by Crippen LogP contribution is 2.35. The van der Waals surface area contributed by atoms with Gasteiger partial charge in [0.05, 0.1) is 0 Å². The summed E-state index contributed by atoms with van der Waals surface area (Å²) in [6.07, 6.45) is 12.7. The minimum atomic E-state index is 0.580. The summed E-state index contributed by atoms with van der Waals surface area (Å²) in [5.74, 6) is 0. The first-order chi connectivity index (χ1) is 9.29. The number of nitrogens with zero attached hydrogens (tertiary/aromatic N) is 1. The van der Waals surface area contributed by atoms with E-state index in [0.29, 0.717) is 5.41 Å². The molecule has 2 saturated heterocycles. The molecule has 19 heavy (non-hydrogen) atoms. The quantitative estimate of drug-likeness (QED) is 0.786. The summed E-state index contributed by atoms with van der Waals surface area (Å²) in [5, 5.41) is 3.67. The number of hydrogen-bond acceptors (Lipinski definition) is 2. The summed E-state index contributed by atoms with van der Waals surface area (Å²) in [7, 11) is 0. The number of piperidine rings is 2. The topological polar surface area (TPSA) is 15.3 Å². The molecule has 0 bridgehead atoms. The second-order valence-electron chi connectivity index (χ2n) is 6.94. The van der Waals surface area contributed by atoms with Crippen LogP contribution in [0.25, 0.3) is 0 Å². The molecule has 0 aromatic rings. The maximum Gasteiger partial charge on any atom is 0.00954 e. The largest absolute Gasteiger partial charge is 0.316 e. The first kappa shape index (κ1) is 15.3. The molecule has 2 nitrogen and oxygen atoms in total. The van der Waals surface area contributed by atoms with Crippen molar-refractivity contribution in [3.8, 4) is 0 Å². The number of hydrogen-bond donors (Lipinski definition) is 1. The van der Waals surface area contributed by atoms with Gasteiger partial charge in [-0.3, -0.25) is 4.90 Å². The van der Waals surface area contributed by atoms with Crippen molar-refractivity contribution in [1.82, 2.24) is 10.2 Å². The molecule has 2 fully saturated rings. The van der Waals surface area contributed by atoms with E-state index in [1.54, 1.807) is 0 Å². The Bertz CT molecular complexity index is 238. The van der Waals surface area contributed by atoms with Gasteiger partial charge in [-0.15, -0.1) is 0 Å². The van der Waals surface area contributed by atoms with E-state index in [2.05, 4.69) is 24.1 Å². The van der Waals surface area contributed by atoms with Crippen LogP contribution < -0.4 is 5.32 Å². The standard InChI is InChI=1S/C17H34N2/c1-3-8-16-9-5-6-13-19(16)15-17(10-4-2)11-7-12-18-14-17/h16,18H,3-15H2,1-2H3. The van der Waals surface area contributed by atoms with E-state index in [4.69, 9.17) is 0 Å². The van der Waals surface area contributed by atoms with Gasteiger partial charge >= 0.3 is 0 Å². The molecule has 2 aliphatic heterocycles. The molecule has 112 valence electrons. The lowest BCUT2D eigenvalue weighted by atomic mass is 9.76. The molecule has 0 spiro atoms. The van der Waals surface area contributed by atoms with Gasteiger partial charge in [-0.2, -0.15) is 0 Å². The Morgan fingerprint density at radius 2 is 2.05 bits per heavy atom. The highest BCUT2D eigenvalue weighted by molar-refractivity contribution is 4.90. The highest BCUT2D eigenvalue weighted by Gasteiger charge is 2.35. The molecule has 0 radical (unpaired) electrons. The third-order valence-corrected chi connectivity index (χ3v) is 5.25. The molecule has 1 N–H and O–H groups in total. The SMILES string of the molecule is CCCC1CCCCN1CC1(CCC)CCCNC1. The fraction of sp³-hybridized carbons (Fsp3) is 1.00. The molecule has 2 heteroatoms. The van der Waals surface area contributed by atoms with Crippen LogP contribution in [-0.2, 0) is 0 Å². The van der Waals surface area contributed by atoms with Gasteiger partial charge in [0.15, 0.2) is 0 Å². The molecule has 2 aliphatic rings. The average molecular weight is 266 g/mol. The van der Waals surface area contributed by atoms with Gasteiger partial charge in [0.1, 0.15) is 0 Å². The molecule has 2 rings (SSSR count). The maximum absolute atomic E-state index is 3.67. The summed E-state index contributed by atoms with van der Waals surface area (Å²) in [6, 6.07) is 0.884. The normalized spacial score (nSPS) is 33.5. The fourth-order valence-corrected chi connectivity index (χ4v) is 4.35. The first-order valence-corrected chi connectivity index (χ1v) is 8.74. The smallest absolute Gasteiger partial charge is 0.00954 e. The van der Waals surface area contributed by atoms with Gasteiger partial charge < -0.3 is 5.32 Å². The zero-order valence-corrected chi connectivity index (χ0v) is 13.2. The van der Waals surface area contributed by atoms with Crippen molar-refractivity contribution < 1.29 is 0 Å². The van der Waals surface area contributed by atoms with E-state index >= 15 is 0 Å². The lowest BCUT2D eigenvalue weighted by Gasteiger charge is -2.45. The van der Waals surface area contributed by atoms with E-state index in [1.165, 1.54) is 84.0 Å². The zero-order chi connectivity index (χ0) is 13.6. The van der Waals surface area contributed by atoms with E-state index in [-0.39, 0.29) is 0 Å². The van der Waals surface area contributed by atoms with Crippen molar-refractivity contribution in [3.63, 3.8) is 0 Å². The van der Waals surface area contributed by atoms with Crippen LogP contribution in [0.15, 0.2) is 0 Å². The van der Waals surface area contributed by atoms with E-state index in [9.17, 15) is 0 Å². The molecule has 2 unspecified atom stereocenters. The summed E-state index contributed by atoms with van der Waals surface area (Å²) in [6.45, 7) is 9.92. The van der Waals surface area contributed by atoms with Crippen LogP contribution in [0, 0.1) is 5.41 Å². The summed E-state index contributed by atoms with van der Waals surface area (Å²) >= 11 is 0. The van der Waals surface area contributed by atoms with Crippen molar-refractivity contribution in [2.45, 2.75) is 77.7 Å². The summed E-state index contributed by atoms with van der Waals surface area (Å²) in [4.78, 5) is 2.86. The van der Waals surface area contributed by atoms with Gasteiger partial charge in [-0.05, 0) is 57.0 Å². The van der Waals surface area contributed by atoms with E-state index in [0.717, 1.165) is 6.04 Å². The van der Waals surface area contributed by atoms with Crippen LogP contribution >= 0.6 is 0 Å². The van der Waals surface area contributed by atoms with E-state index < -0.39 is 0 Å². The Morgan fingerprint density at radius 1 is 1.16 bits per heavy atom. The van der Waals surface area contributed by atoms with Crippen LogP contribution in [0.2, 0.25) is 0 Å². The van der Waals surface area contributed by atoms with Crippen LogP contribution in [0.5, 0.6) is 0 Å². The molecular formula is C17H34N2. The van der Waals surface area contributed by atoms with Crippen LogP contribution in [0.3, 0.4) is 0 Å². The minimum absolute atomic E-state index is 0.580. The Labute approximate surface area is 120 Å². The minimum Gasteiger partial charge on any atom is -0.316 e. The van der Waals surface area contributed by atoms with Gasteiger partial charge in [-0.1, -0.05) is 33.1 Å². The molecule has 0 aromatic heterocycles. The van der Waals surface area contributed by atoms with E-state index in [1.807, 2.05) is 0 Å². The molecule has 0 aliphatic carbocycles. The zero-order valence-electron chi connectivity index (χ0n) is 13.2. The lowest BCUT2D eigenvalue weighted by Crippen LogP contribution is -2.51. The van der Waals surface area contributed by atoms with Crippen molar-refractivity contribution in [2.24, 2.45) is 5.41 Å². The Hall–Kier alpha value is -0.0800. The van der Waals surface area contributed by atoms with Crippen molar-refractivity contribution in [2.75, 3.05) is 26.2 Å². The fourth-order valence-electron chi connectivity index (χ4n) is 4.35. The van der Waals surface area contributed by atoms with Gasteiger partial charge in [0, 0.05) is 19.1 Å². The van der Waals surface area contributed by atoms with Gasteiger partial charge in [0.2, 0.25) is 0 Å². The molecule has 0 aromatic carbocycles. The monoisotopic (exact) mass is 266 g/mol. The van der Waals surface area contributed by atoms with Crippen molar-refractivity contribution in [3.05, 3.63) is 0 Å². The summed E-state index contributed by atoms with van der Waals surface area (Å²) in [5.41, 5.74) is 0.580. The number of rotatable bonds is 6. The predicted molar refractivity (Wildman–Crippen MR) is 83.6 cm³/mol. The van der Waals surface area contributed by atoms with Crippen LogP contribution in [0.1, 0.15) is 71.6 Å². The number of likely N-dealkylation sites (tertiary alicyclic amines) is 1. The Balaban J connectivity index is 1.97. The average Bonchev–Trinajstić information content (AvgIpc) is 2.43. The molecule has 0 saturated carbocycles.